The van der Waals surface area contributed by atoms with Gasteiger partial charge in [0, 0.05) is 24.9 Å². The molecule has 25 heavy (non-hydrogen) atoms. The van der Waals surface area contributed by atoms with Crippen molar-refractivity contribution in [1.29, 1.82) is 0 Å². The number of aryl methyl sites for hydroxylation is 1. The van der Waals surface area contributed by atoms with Crippen molar-refractivity contribution in [2.75, 3.05) is 18.9 Å². The molecule has 2 rings (SSSR count). The summed E-state index contributed by atoms with van der Waals surface area (Å²) in [6.07, 6.45) is 0. The summed E-state index contributed by atoms with van der Waals surface area (Å²) in [5.74, 6) is -0.549. The molecule has 0 spiro atoms. The second-order valence-electron chi connectivity index (χ2n) is 5.43. The van der Waals surface area contributed by atoms with Crippen LogP contribution in [-0.2, 0) is 14.8 Å². The zero-order valence-electron chi connectivity index (χ0n) is 13.7. The molecule has 0 atom stereocenters. The minimum Gasteiger partial charge on any atom is -0.325 e. The number of benzene rings is 2. The summed E-state index contributed by atoms with van der Waals surface area (Å²) in [4.78, 5) is 22.2. The minimum absolute atomic E-state index is 0.0999. The zero-order valence-corrected chi connectivity index (χ0v) is 14.5. The number of hydrogen-bond donors (Lipinski definition) is 1. The number of non-ortho nitro benzene ring substituents is 1. The first-order valence-corrected chi connectivity index (χ1v) is 8.71. The molecule has 9 heteroatoms. The van der Waals surface area contributed by atoms with E-state index in [1.807, 2.05) is 6.92 Å². The van der Waals surface area contributed by atoms with Crippen LogP contribution in [0.2, 0.25) is 0 Å². The number of carbonyl (C=O) groups is 1. The molecule has 1 amide bonds. The fourth-order valence-electron chi connectivity index (χ4n) is 2.04. The van der Waals surface area contributed by atoms with Gasteiger partial charge < -0.3 is 5.32 Å². The highest BCUT2D eigenvalue weighted by atomic mass is 32.2. The molecule has 2 aromatic carbocycles. The number of rotatable bonds is 6. The Morgan fingerprint density at radius 2 is 1.68 bits per heavy atom. The zero-order chi connectivity index (χ0) is 18.6. The molecular formula is C16H17N3O5S. The highest BCUT2D eigenvalue weighted by Gasteiger charge is 2.22. The first kappa shape index (κ1) is 18.6. The number of carbonyl (C=O) groups excluding carboxylic acids is 1. The van der Waals surface area contributed by atoms with Crippen molar-refractivity contribution in [3.8, 4) is 0 Å². The van der Waals surface area contributed by atoms with Crippen LogP contribution in [0.4, 0.5) is 11.4 Å². The van der Waals surface area contributed by atoms with Gasteiger partial charge in [0.25, 0.3) is 5.69 Å². The molecule has 0 fully saturated rings. The van der Waals surface area contributed by atoms with Crippen molar-refractivity contribution < 1.29 is 18.1 Å². The summed E-state index contributed by atoms with van der Waals surface area (Å²) in [6.45, 7) is 1.46. The third-order valence-electron chi connectivity index (χ3n) is 3.46. The fraction of sp³-hybridized carbons (Fsp3) is 0.188. The Morgan fingerprint density at radius 1 is 1.12 bits per heavy atom. The van der Waals surface area contributed by atoms with Crippen molar-refractivity contribution in [2.24, 2.45) is 0 Å². The topological polar surface area (TPSA) is 110 Å². The molecule has 0 aliphatic heterocycles. The van der Waals surface area contributed by atoms with Gasteiger partial charge >= 0.3 is 0 Å². The molecule has 0 heterocycles. The number of hydrogen-bond acceptors (Lipinski definition) is 5. The third-order valence-corrected chi connectivity index (χ3v) is 5.27. The fourth-order valence-corrected chi connectivity index (χ4v) is 3.17. The van der Waals surface area contributed by atoms with Crippen molar-refractivity contribution >= 4 is 27.3 Å². The summed E-state index contributed by atoms with van der Waals surface area (Å²) >= 11 is 0. The summed E-state index contributed by atoms with van der Waals surface area (Å²) < 4.78 is 25.8. The molecule has 2 aromatic rings. The highest BCUT2D eigenvalue weighted by Crippen LogP contribution is 2.17. The van der Waals surface area contributed by atoms with E-state index in [0.29, 0.717) is 5.69 Å². The summed E-state index contributed by atoms with van der Waals surface area (Å²) in [6, 6.07) is 11.6. The molecule has 0 saturated carbocycles. The number of nitrogens with zero attached hydrogens (tertiary/aromatic N) is 2. The van der Waals surface area contributed by atoms with Crippen molar-refractivity contribution in [2.45, 2.75) is 11.8 Å². The van der Waals surface area contributed by atoms with Crippen LogP contribution in [0.15, 0.2) is 53.4 Å². The second-order valence-corrected chi connectivity index (χ2v) is 7.47. The Kier molecular flexibility index (Phi) is 5.50. The smallest absolute Gasteiger partial charge is 0.269 e. The average Bonchev–Trinajstić information content (AvgIpc) is 2.55. The van der Waals surface area contributed by atoms with E-state index in [4.69, 9.17) is 0 Å². The quantitative estimate of drug-likeness (QED) is 0.625. The Labute approximate surface area is 145 Å². The van der Waals surface area contributed by atoms with Crippen LogP contribution in [0, 0.1) is 17.0 Å². The van der Waals surface area contributed by atoms with Crippen molar-refractivity contribution in [3.05, 3.63) is 64.2 Å². The van der Waals surface area contributed by atoms with E-state index < -0.39 is 20.9 Å². The molecule has 0 aliphatic rings. The van der Waals surface area contributed by atoms with Gasteiger partial charge in [-0.2, -0.15) is 4.31 Å². The van der Waals surface area contributed by atoms with Gasteiger partial charge in [0.05, 0.1) is 16.4 Å². The van der Waals surface area contributed by atoms with Crippen LogP contribution in [-0.4, -0.2) is 37.1 Å². The van der Waals surface area contributed by atoms with E-state index in [2.05, 4.69) is 5.32 Å². The molecule has 0 unspecified atom stereocenters. The van der Waals surface area contributed by atoms with Gasteiger partial charge in [0.2, 0.25) is 15.9 Å². The van der Waals surface area contributed by atoms with Gasteiger partial charge in [-0.05, 0) is 31.2 Å². The molecule has 1 N–H and O–H groups in total. The Hall–Kier alpha value is -2.78. The number of nitro groups is 1. The largest absolute Gasteiger partial charge is 0.325 e. The Bertz CT molecular complexity index is 877. The van der Waals surface area contributed by atoms with Gasteiger partial charge in [-0.1, -0.05) is 17.7 Å². The van der Waals surface area contributed by atoms with Crippen LogP contribution in [0.3, 0.4) is 0 Å². The Morgan fingerprint density at radius 3 is 2.20 bits per heavy atom. The van der Waals surface area contributed by atoms with E-state index in [-0.39, 0.29) is 17.1 Å². The molecule has 8 nitrogen and oxygen atoms in total. The van der Waals surface area contributed by atoms with Gasteiger partial charge in [0.15, 0.2) is 0 Å². The predicted molar refractivity (Wildman–Crippen MR) is 92.7 cm³/mol. The lowest BCUT2D eigenvalue weighted by atomic mass is 10.2. The molecule has 0 aliphatic carbocycles. The third kappa shape index (κ3) is 4.61. The predicted octanol–water partition coefficient (Wildman–Crippen LogP) is 2.16. The van der Waals surface area contributed by atoms with Crippen molar-refractivity contribution in [1.82, 2.24) is 4.31 Å². The monoisotopic (exact) mass is 363 g/mol. The molecule has 0 radical (unpaired) electrons. The summed E-state index contributed by atoms with van der Waals surface area (Å²) in [7, 11) is -2.47. The Balaban J connectivity index is 2.04. The first-order valence-electron chi connectivity index (χ1n) is 7.27. The maximum atomic E-state index is 12.4. The van der Waals surface area contributed by atoms with E-state index in [1.54, 1.807) is 12.1 Å². The van der Waals surface area contributed by atoms with Crippen LogP contribution >= 0.6 is 0 Å². The van der Waals surface area contributed by atoms with Gasteiger partial charge in [-0.25, -0.2) is 8.42 Å². The van der Waals surface area contributed by atoms with Crippen LogP contribution < -0.4 is 5.32 Å². The molecule has 0 aromatic heterocycles. The lowest BCUT2D eigenvalue weighted by Crippen LogP contribution is -2.34. The molecule has 132 valence electrons. The number of nitrogens with one attached hydrogen (secondary N) is 1. The number of sulfonamides is 1. The van der Waals surface area contributed by atoms with Crippen LogP contribution in [0.25, 0.3) is 0 Å². The van der Waals surface area contributed by atoms with Crippen LogP contribution in [0.5, 0.6) is 0 Å². The second kappa shape index (κ2) is 7.41. The van der Waals surface area contributed by atoms with Gasteiger partial charge in [-0.15, -0.1) is 0 Å². The van der Waals surface area contributed by atoms with Gasteiger partial charge in [-0.3, -0.25) is 14.9 Å². The minimum atomic E-state index is -3.78. The molecular weight excluding hydrogens is 346 g/mol. The summed E-state index contributed by atoms with van der Waals surface area (Å²) in [5, 5.41) is 13.1. The highest BCUT2D eigenvalue weighted by molar-refractivity contribution is 7.89. The normalized spacial score (nSPS) is 11.3. The number of amides is 1. The number of likely N-dealkylation sites (N-methyl/N-ethyl adjacent to an activating group) is 1. The summed E-state index contributed by atoms with van der Waals surface area (Å²) in [5.41, 5.74) is 1.17. The lowest BCUT2D eigenvalue weighted by molar-refractivity contribution is -0.384. The maximum absolute atomic E-state index is 12.4. The SMILES string of the molecule is Cc1ccc(S(=O)(=O)N(C)CC(=O)Nc2ccc([N+](=O)[O-])cc2)cc1. The lowest BCUT2D eigenvalue weighted by Gasteiger charge is -2.17. The van der Waals surface area contributed by atoms with Crippen molar-refractivity contribution in [3.63, 3.8) is 0 Å². The number of nitro benzene ring substituents is 1. The van der Waals surface area contributed by atoms with E-state index in [9.17, 15) is 23.3 Å². The standard InChI is InChI=1S/C16H17N3O5S/c1-12-3-9-15(10-4-12)25(23,24)18(2)11-16(20)17-13-5-7-14(8-6-13)19(21)22/h3-10H,11H2,1-2H3,(H,17,20). The van der Waals surface area contributed by atoms with E-state index >= 15 is 0 Å². The average molecular weight is 363 g/mol. The molecule has 0 saturated heterocycles. The molecule has 0 bridgehead atoms. The first-order chi connectivity index (χ1) is 11.7. The van der Waals surface area contributed by atoms with Gasteiger partial charge in [0.1, 0.15) is 0 Å². The number of anilines is 1. The van der Waals surface area contributed by atoms with E-state index in [0.717, 1.165) is 9.87 Å². The van der Waals surface area contributed by atoms with Crippen LogP contribution in [0.1, 0.15) is 5.56 Å². The maximum Gasteiger partial charge on any atom is 0.269 e. The van der Waals surface area contributed by atoms with E-state index in [1.165, 1.54) is 43.4 Å².